The number of hydrogen-bond acceptors (Lipinski definition) is 3. The van der Waals surface area contributed by atoms with Crippen molar-refractivity contribution in [3.8, 4) is 0 Å². The molecule has 0 fully saturated rings. The average Bonchev–Trinajstić information content (AvgIpc) is 2.23. The third-order valence-electron chi connectivity index (χ3n) is 1.85. The molecule has 1 rings (SSSR count). The molecule has 1 aromatic carbocycles. The van der Waals surface area contributed by atoms with Crippen LogP contribution in [-0.2, 0) is 0 Å². The molecule has 0 unspecified atom stereocenters. The Kier molecular flexibility index (Phi) is 6.37. The third-order valence-corrected chi connectivity index (χ3v) is 4.42. The molecule has 2 N–H and O–H groups in total. The second-order valence-corrected chi connectivity index (χ2v) is 6.03. The smallest absolute Gasteiger partial charge is 0.0543 e. The number of hydrogen-bond donors (Lipinski definition) is 1. The average molecular weight is 262 g/mol. The molecule has 0 heterocycles. The molecular weight excluding hydrogens is 246 g/mol. The fourth-order valence-corrected chi connectivity index (χ4v) is 3.15. The first-order valence-electron chi connectivity index (χ1n) is 4.99. The largest absolute Gasteiger partial charge is 0.399 e. The van der Waals surface area contributed by atoms with E-state index < -0.39 is 0 Å². The summed E-state index contributed by atoms with van der Waals surface area (Å²) in [6, 6.07) is 5.64. The fourth-order valence-electron chi connectivity index (χ4n) is 1.12. The minimum Gasteiger partial charge on any atom is -0.399 e. The van der Waals surface area contributed by atoms with Crippen LogP contribution in [0, 0.1) is 0 Å². The molecule has 0 saturated heterocycles. The zero-order chi connectivity index (χ0) is 11.1. The van der Waals surface area contributed by atoms with Gasteiger partial charge in [0, 0.05) is 10.6 Å². The van der Waals surface area contributed by atoms with Crippen LogP contribution in [0.5, 0.6) is 0 Å². The van der Waals surface area contributed by atoms with Crippen LogP contribution in [0.2, 0.25) is 5.02 Å². The maximum atomic E-state index is 6.05. The Morgan fingerprint density at radius 2 is 2.13 bits per heavy atom. The molecule has 0 aliphatic carbocycles. The van der Waals surface area contributed by atoms with Gasteiger partial charge in [0.25, 0.3) is 0 Å². The summed E-state index contributed by atoms with van der Waals surface area (Å²) in [5, 5.41) is 0.803. The molecule has 0 aliphatic heterocycles. The molecule has 0 aromatic heterocycles. The molecule has 1 nitrogen and oxygen atoms in total. The number of benzene rings is 1. The Bertz CT molecular complexity index is 305. The summed E-state index contributed by atoms with van der Waals surface area (Å²) in [6.07, 6.45) is 1.22. The number of rotatable bonds is 6. The maximum Gasteiger partial charge on any atom is 0.0543 e. The zero-order valence-electron chi connectivity index (χ0n) is 8.83. The quantitative estimate of drug-likeness (QED) is 0.473. The van der Waals surface area contributed by atoms with Crippen LogP contribution in [0.1, 0.15) is 13.3 Å². The normalized spacial score (nSPS) is 10.5. The second-order valence-electron chi connectivity index (χ2n) is 3.09. The molecule has 0 saturated carbocycles. The van der Waals surface area contributed by atoms with Crippen LogP contribution < -0.4 is 5.73 Å². The van der Waals surface area contributed by atoms with Crippen LogP contribution in [-0.4, -0.2) is 17.3 Å². The number of nitrogen functional groups attached to an aromatic ring is 1. The van der Waals surface area contributed by atoms with Gasteiger partial charge in [0.2, 0.25) is 0 Å². The van der Waals surface area contributed by atoms with Crippen molar-refractivity contribution in [2.24, 2.45) is 0 Å². The minimum atomic E-state index is 0.782. The van der Waals surface area contributed by atoms with Gasteiger partial charge in [-0.3, -0.25) is 0 Å². The first kappa shape index (κ1) is 13.1. The molecule has 0 radical (unpaired) electrons. The van der Waals surface area contributed by atoms with Gasteiger partial charge in [0.1, 0.15) is 0 Å². The van der Waals surface area contributed by atoms with E-state index in [4.69, 9.17) is 17.3 Å². The monoisotopic (exact) mass is 261 g/mol. The summed E-state index contributed by atoms with van der Waals surface area (Å²) in [5.74, 6) is 3.53. The van der Waals surface area contributed by atoms with E-state index in [1.54, 1.807) is 11.8 Å². The van der Waals surface area contributed by atoms with Crippen molar-refractivity contribution < 1.29 is 0 Å². The molecule has 0 atom stereocenters. The van der Waals surface area contributed by atoms with Gasteiger partial charge >= 0.3 is 0 Å². The lowest BCUT2D eigenvalue weighted by Crippen LogP contribution is -1.88. The number of thioether (sulfide) groups is 2. The Hall–Kier alpha value is 0.01000. The van der Waals surface area contributed by atoms with E-state index in [1.165, 1.54) is 17.9 Å². The summed E-state index contributed by atoms with van der Waals surface area (Å²) in [6.45, 7) is 2.19. The van der Waals surface area contributed by atoms with E-state index in [1.807, 2.05) is 30.0 Å². The van der Waals surface area contributed by atoms with Crippen molar-refractivity contribution in [2.75, 3.05) is 23.0 Å². The van der Waals surface area contributed by atoms with E-state index in [0.29, 0.717) is 0 Å². The van der Waals surface area contributed by atoms with Crippen molar-refractivity contribution in [1.29, 1.82) is 0 Å². The van der Waals surface area contributed by atoms with E-state index in [0.717, 1.165) is 21.4 Å². The molecule has 1 aromatic rings. The Morgan fingerprint density at radius 3 is 2.87 bits per heavy atom. The molecule has 84 valence electrons. The van der Waals surface area contributed by atoms with Gasteiger partial charge in [-0.25, -0.2) is 0 Å². The molecule has 15 heavy (non-hydrogen) atoms. The van der Waals surface area contributed by atoms with Gasteiger partial charge < -0.3 is 5.73 Å². The van der Waals surface area contributed by atoms with E-state index >= 15 is 0 Å². The Balaban J connectivity index is 2.33. The van der Waals surface area contributed by atoms with Crippen LogP contribution in [0.15, 0.2) is 23.1 Å². The number of halogens is 1. The lowest BCUT2D eigenvalue weighted by Gasteiger charge is -2.04. The second kappa shape index (κ2) is 7.31. The van der Waals surface area contributed by atoms with Crippen molar-refractivity contribution in [1.82, 2.24) is 0 Å². The highest BCUT2D eigenvalue weighted by Gasteiger charge is 2.01. The van der Waals surface area contributed by atoms with Crippen molar-refractivity contribution >= 4 is 40.8 Å². The van der Waals surface area contributed by atoms with Crippen molar-refractivity contribution in [3.63, 3.8) is 0 Å². The predicted molar refractivity (Wildman–Crippen MR) is 74.2 cm³/mol. The Morgan fingerprint density at radius 1 is 1.33 bits per heavy atom. The van der Waals surface area contributed by atoms with E-state index in [2.05, 4.69) is 6.92 Å². The summed E-state index contributed by atoms with van der Waals surface area (Å²) in [7, 11) is 0. The summed E-state index contributed by atoms with van der Waals surface area (Å²) < 4.78 is 0. The van der Waals surface area contributed by atoms with Crippen molar-refractivity contribution in [2.45, 2.75) is 18.2 Å². The summed E-state index contributed by atoms with van der Waals surface area (Å²) in [5.41, 5.74) is 6.49. The lowest BCUT2D eigenvalue weighted by atomic mass is 10.3. The highest BCUT2D eigenvalue weighted by molar-refractivity contribution is 8.00. The third kappa shape index (κ3) is 5.05. The molecule has 0 aliphatic rings. The van der Waals surface area contributed by atoms with E-state index in [-0.39, 0.29) is 0 Å². The SMILES string of the molecule is CCSCCCSc1cc(N)ccc1Cl. The van der Waals surface area contributed by atoms with Gasteiger partial charge in [0.05, 0.1) is 5.02 Å². The molecule has 0 spiro atoms. The topological polar surface area (TPSA) is 26.0 Å². The number of nitrogens with two attached hydrogens (primary N) is 1. The van der Waals surface area contributed by atoms with Gasteiger partial charge in [-0.1, -0.05) is 18.5 Å². The van der Waals surface area contributed by atoms with Crippen LogP contribution >= 0.6 is 35.1 Å². The standard InChI is InChI=1S/C11H16ClNS2/c1-2-14-6-3-7-15-11-8-9(13)4-5-10(11)12/h4-5,8H,2-3,6-7,13H2,1H3. The molecule has 0 bridgehead atoms. The lowest BCUT2D eigenvalue weighted by molar-refractivity contribution is 1.12. The van der Waals surface area contributed by atoms with Gasteiger partial charge in [-0.05, 0) is 41.9 Å². The van der Waals surface area contributed by atoms with E-state index in [9.17, 15) is 0 Å². The number of anilines is 1. The summed E-state index contributed by atoms with van der Waals surface area (Å²) >= 11 is 9.82. The zero-order valence-corrected chi connectivity index (χ0v) is 11.2. The first-order chi connectivity index (χ1) is 7.24. The minimum absolute atomic E-state index is 0.782. The Labute approximate surface area is 105 Å². The van der Waals surface area contributed by atoms with Crippen LogP contribution in [0.25, 0.3) is 0 Å². The highest BCUT2D eigenvalue weighted by atomic mass is 35.5. The first-order valence-corrected chi connectivity index (χ1v) is 7.51. The van der Waals surface area contributed by atoms with Crippen molar-refractivity contribution in [3.05, 3.63) is 23.2 Å². The van der Waals surface area contributed by atoms with Gasteiger partial charge in [0.15, 0.2) is 0 Å². The van der Waals surface area contributed by atoms with Gasteiger partial charge in [-0.15, -0.1) is 11.8 Å². The van der Waals surface area contributed by atoms with Gasteiger partial charge in [-0.2, -0.15) is 11.8 Å². The molecular formula is C11H16ClNS2. The predicted octanol–water partition coefficient (Wildman–Crippen LogP) is 4.16. The maximum absolute atomic E-state index is 6.05. The summed E-state index contributed by atoms with van der Waals surface area (Å²) in [4.78, 5) is 1.10. The fraction of sp³-hybridized carbons (Fsp3) is 0.455. The molecule has 0 amide bonds. The van der Waals surface area contributed by atoms with Crippen LogP contribution in [0.3, 0.4) is 0 Å². The highest BCUT2D eigenvalue weighted by Crippen LogP contribution is 2.29. The molecule has 4 heteroatoms. The van der Waals surface area contributed by atoms with Crippen LogP contribution in [0.4, 0.5) is 5.69 Å².